The fourth-order valence-corrected chi connectivity index (χ4v) is 3.19. The van der Waals surface area contributed by atoms with Crippen molar-refractivity contribution in [1.82, 2.24) is 10.2 Å². The Kier molecular flexibility index (Phi) is 2.97. The first-order chi connectivity index (χ1) is 9.53. The van der Waals surface area contributed by atoms with Crippen LogP contribution in [0.1, 0.15) is 35.7 Å². The number of carbonyl (C=O) groups is 1. The Hall–Kier alpha value is -1.95. The third-order valence-electron chi connectivity index (χ3n) is 4.37. The second kappa shape index (κ2) is 4.56. The highest BCUT2D eigenvalue weighted by molar-refractivity contribution is 6.00. The highest BCUT2D eigenvalue weighted by atomic mass is 16.6. The van der Waals surface area contributed by atoms with Gasteiger partial charge in [0.15, 0.2) is 0 Å². The Morgan fingerprint density at radius 2 is 2.25 bits per heavy atom. The van der Waals surface area contributed by atoms with Crippen LogP contribution < -0.4 is 5.32 Å². The monoisotopic (exact) mass is 275 g/mol. The minimum atomic E-state index is -0.406. The quantitative estimate of drug-likeness (QED) is 0.658. The molecule has 106 valence electrons. The first kappa shape index (κ1) is 13.1. The molecule has 1 aromatic carbocycles. The zero-order chi connectivity index (χ0) is 14.3. The lowest BCUT2D eigenvalue weighted by Crippen LogP contribution is -2.55. The summed E-state index contributed by atoms with van der Waals surface area (Å²) in [5.74, 6) is -0.0881. The molecule has 1 N–H and O–H groups in total. The first-order valence-electron chi connectivity index (χ1n) is 6.82. The maximum atomic E-state index is 12.6. The van der Waals surface area contributed by atoms with E-state index < -0.39 is 4.92 Å². The predicted octanol–water partition coefficient (Wildman–Crippen LogP) is 1.69. The van der Waals surface area contributed by atoms with Gasteiger partial charge in [-0.05, 0) is 32.4 Å². The van der Waals surface area contributed by atoms with Crippen LogP contribution in [0.15, 0.2) is 18.2 Å². The molecule has 1 saturated heterocycles. The summed E-state index contributed by atoms with van der Waals surface area (Å²) in [6.07, 6.45) is 1.94. The van der Waals surface area contributed by atoms with Crippen LogP contribution >= 0.6 is 0 Å². The van der Waals surface area contributed by atoms with Crippen molar-refractivity contribution in [3.63, 3.8) is 0 Å². The molecule has 0 saturated carbocycles. The molecule has 3 rings (SSSR count). The first-order valence-corrected chi connectivity index (χ1v) is 6.82. The summed E-state index contributed by atoms with van der Waals surface area (Å²) < 4.78 is 0. The van der Waals surface area contributed by atoms with Gasteiger partial charge in [0.2, 0.25) is 0 Å². The van der Waals surface area contributed by atoms with Crippen molar-refractivity contribution in [2.75, 3.05) is 13.1 Å². The number of nitro benzene ring substituents is 1. The molecule has 6 nitrogen and oxygen atoms in total. The maximum Gasteiger partial charge on any atom is 0.275 e. The number of nitro groups is 1. The number of piperidine rings is 1. The maximum absolute atomic E-state index is 12.6. The van der Waals surface area contributed by atoms with Gasteiger partial charge >= 0.3 is 0 Å². The average molecular weight is 275 g/mol. The molecule has 1 fully saturated rings. The normalized spacial score (nSPS) is 25.6. The lowest BCUT2D eigenvalue weighted by Gasteiger charge is -2.42. The Labute approximate surface area is 116 Å². The van der Waals surface area contributed by atoms with Gasteiger partial charge in [-0.15, -0.1) is 0 Å². The van der Waals surface area contributed by atoms with Gasteiger partial charge in [0.05, 0.1) is 28.1 Å². The summed E-state index contributed by atoms with van der Waals surface area (Å²) in [4.78, 5) is 25.0. The topological polar surface area (TPSA) is 75.5 Å². The summed E-state index contributed by atoms with van der Waals surface area (Å²) in [5, 5.41) is 14.4. The van der Waals surface area contributed by atoms with E-state index in [0.29, 0.717) is 17.7 Å². The minimum Gasteiger partial charge on any atom is -0.327 e. The van der Waals surface area contributed by atoms with Gasteiger partial charge in [-0.2, -0.15) is 0 Å². The number of fused-ring (bicyclic) bond motifs is 1. The van der Waals surface area contributed by atoms with E-state index in [0.717, 1.165) is 25.9 Å². The van der Waals surface area contributed by atoms with Gasteiger partial charge in [-0.3, -0.25) is 14.9 Å². The van der Waals surface area contributed by atoms with Gasteiger partial charge in [-0.25, -0.2) is 0 Å². The van der Waals surface area contributed by atoms with Crippen molar-refractivity contribution >= 4 is 11.6 Å². The molecule has 1 amide bonds. The molecule has 0 spiro atoms. The molecule has 0 aliphatic carbocycles. The van der Waals surface area contributed by atoms with Crippen LogP contribution in [0, 0.1) is 10.1 Å². The van der Waals surface area contributed by atoms with Crippen molar-refractivity contribution in [3.05, 3.63) is 39.4 Å². The zero-order valence-corrected chi connectivity index (χ0v) is 11.4. The average Bonchev–Trinajstić information content (AvgIpc) is 2.78. The van der Waals surface area contributed by atoms with Crippen molar-refractivity contribution < 1.29 is 9.72 Å². The number of benzene rings is 1. The molecule has 2 aliphatic heterocycles. The number of nitrogens with one attached hydrogen (secondary N) is 1. The number of hydrogen-bond acceptors (Lipinski definition) is 4. The number of hydrogen-bond donors (Lipinski definition) is 1. The van der Waals surface area contributed by atoms with Crippen LogP contribution in [0.3, 0.4) is 0 Å². The van der Waals surface area contributed by atoms with Gasteiger partial charge in [0.1, 0.15) is 0 Å². The fourth-order valence-electron chi connectivity index (χ4n) is 3.19. The standard InChI is InChI=1S/C14H17N3O3/c1-14(6-3-7-15-9-14)16-8-11-10(13(16)18)4-2-5-12(11)17(19)20/h2,4-5,15H,3,6-9H2,1H3. The Morgan fingerprint density at radius 3 is 2.90 bits per heavy atom. The molecule has 1 atom stereocenters. The summed E-state index contributed by atoms with van der Waals surface area (Å²) in [6.45, 7) is 4.09. The molecular weight excluding hydrogens is 258 g/mol. The van der Waals surface area contributed by atoms with Crippen LogP contribution in [0.5, 0.6) is 0 Å². The molecular formula is C14H17N3O3. The van der Waals surface area contributed by atoms with Gasteiger partial charge in [0, 0.05) is 12.6 Å². The van der Waals surface area contributed by atoms with E-state index >= 15 is 0 Å². The van der Waals surface area contributed by atoms with Gasteiger partial charge in [0.25, 0.3) is 11.6 Å². The lowest BCUT2D eigenvalue weighted by molar-refractivity contribution is -0.385. The summed E-state index contributed by atoms with van der Waals surface area (Å²) in [6, 6.07) is 4.74. The second-order valence-electron chi connectivity index (χ2n) is 5.73. The molecule has 0 radical (unpaired) electrons. The lowest BCUT2D eigenvalue weighted by atomic mass is 9.90. The van der Waals surface area contributed by atoms with Crippen molar-refractivity contribution in [2.45, 2.75) is 31.8 Å². The van der Waals surface area contributed by atoms with E-state index in [9.17, 15) is 14.9 Å². The highest BCUT2D eigenvalue weighted by Gasteiger charge is 2.43. The van der Waals surface area contributed by atoms with Crippen LogP contribution in [0.25, 0.3) is 0 Å². The largest absolute Gasteiger partial charge is 0.327 e. The van der Waals surface area contributed by atoms with E-state index in [2.05, 4.69) is 12.2 Å². The number of carbonyl (C=O) groups excluding carboxylic acids is 1. The fraction of sp³-hybridized carbons (Fsp3) is 0.500. The van der Waals surface area contributed by atoms with Crippen molar-refractivity contribution in [3.8, 4) is 0 Å². The predicted molar refractivity (Wildman–Crippen MR) is 73.5 cm³/mol. The molecule has 2 heterocycles. The number of rotatable bonds is 2. The van der Waals surface area contributed by atoms with Crippen LogP contribution in [-0.2, 0) is 6.54 Å². The highest BCUT2D eigenvalue weighted by Crippen LogP contribution is 2.36. The zero-order valence-electron chi connectivity index (χ0n) is 11.4. The molecule has 1 unspecified atom stereocenters. The van der Waals surface area contributed by atoms with Gasteiger partial charge in [-0.1, -0.05) is 6.07 Å². The van der Waals surface area contributed by atoms with E-state index in [4.69, 9.17) is 0 Å². The summed E-state index contributed by atoms with van der Waals surface area (Å²) >= 11 is 0. The summed E-state index contributed by atoms with van der Waals surface area (Å²) in [5.41, 5.74) is 0.813. The van der Waals surface area contributed by atoms with E-state index in [1.54, 1.807) is 17.0 Å². The molecule has 1 aromatic rings. The molecule has 6 heteroatoms. The molecule has 0 bridgehead atoms. The molecule has 2 aliphatic rings. The number of amides is 1. The SMILES string of the molecule is CC1(N2Cc3c(cccc3[N+](=O)[O-])C2=O)CCCNC1. The van der Waals surface area contributed by atoms with Crippen LogP contribution in [0.2, 0.25) is 0 Å². The Bertz CT molecular complexity index is 579. The Morgan fingerprint density at radius 1 is 1.45 bits per heavy atom. The van der Waals surface area contributed by atoms with E-state index in [-0.39, 0.29) is 17.1 Å². The Balaban J connectivity index is 1.98. The van der Waals surface area contributed by atoms with E-state index in [1.165, 1.54) is 6.07 Å². The van der Waals surface area contributed by atoms with Crippen LogP contribution in [-0.4, -0.2) is 34.4 Å². The number of nitrogens with zero attached hydrogens (tertiary/aromatic N) is 2. The second-order valence-corrected chi connectivity index (χ2v) is 5.73. The summed E-state index contributed by atoms with van der Waals surface area (Å²) in [7, 11) is 0. The van der Waals surface area contributed by atoms with Gasteiger partial charge < -0.3 is 10.2 Å². The minimum absolute atomic E-state index is 0.0470. The molecule has 20 heavy (non-hydrogen) atoms. The van der Waals surface area contributed by atoms with E-state index in [1.807, 2.05) is 0 Å². The smallest absolute Gasteiger partial charge is 0.275 e. The third kappa shape index (κ3) is 1.87. The van der Waals surface area contributed by atoms with Crippen molar-refractivity contribution in [2.24, 2.45) is 0 Å². The van der Waals surface area contributed by atoms with Crippen LogP contribution in [0.4, 0.5) is 5.69 Å². The third-order valence-corrected chi connectivity index (χ3v) is 4.37. The van der Waals surface area contributed by atoms with Crippen molar-refractivity contribution in [1.29, 1.82) is 0 Å². The molecule has 0 aromatic heterocycles.